The Morgan fingerprint density at radius 1 is 1.35 bits per heavy atom. The SMILES string of the molecule is Cc1cccc(C2CCNc3nc(C)nn32)c1. The van der Waals surface area contributed by atoms with Crippen molar-refractivity contribution in [1.82, 2.24) is 14.8 Å². The minimum atomic E-state index is 0.312. The Morgan fingerprint density at radius 3 is 3.06 bits per heavy atom. The van der Waals surface area contributed by atoms with Gasteiger partial charge in [-0.25, -0.2) is 4.68 Å². The van der Waals surface area contributed by atoms with Crippen molar-refractivity contribution in [3.8, 4) is 0 Å². The summed E-state index contributed by atoms with van der Waals surface area (Å²) < 4.78 is 2.01. The molecule has 17 heavy (non-hydrogen) atoms. The Hall–Kier alpha value is -1.84. The molecule has 1 unspecified atom stereocenters. The molecule has 4 heteroatoms. The molecule has 1 atom stereocenters. The minimum Gasteiger partial charge on any atom is -0.354 e. The summed E-state index contributed by atoms with van der Waals surface area (Å²) in [5, 5.41) is 7.77. The van der Waals surface area contributed by atoms with E-state index in [1.165, 1.54) is 11.1 Å². The highest BCUT2D eigenvalue weighted by molar-refractivity contribution is 5.34. The number of hydrogen-bond donors (Lipinski definition) is 1. The van der Waals surface area contributed by atoms with E-state index >= 15 is 0 Å². The van der Waals surface area contributed by atoms with Crippen LogP contribution in [0.2, 0.25) is 0 Å². The van der Waals surface area contributed by atoms with E-state index in [-0.39, 0.29) is 0 Å². The van der Waals surface area contributed by atoms with Crippen molar-refractivity contribution in [2.45, 2.75) is 26.3 Å². The number of nitrogens with one attached hydrogen (secondary N) is 1. The maximum Gasteiger partial charge on any atom is 0.221 e. The van der Waals surface area contributed by atoms with Crippen LogP contribution in [-0.2, 0) is 0 Å². The van der Waals surface area contributed by atoms with Crippen LogP contribution in [0, 0.1) is 13.8 Å². The fourth-order valence-electron chi connectivity index (χ4n) is 2.40. The molecule has 0 saturated heterocycles. The van der Waals surface area contributed by atoms with Gasteiger partial charge in [0.15, 0.2) is 0 Å². The molecule has 1 aromatic heterocycles. The van der Waals surface area contributed by atoms with Crippen molar-refractivity contribution >= 4 is 5.95 Å². The second-order valence-electron chi connectivity index (χ2n) is 4.57. The molecule has 0 amide bonds. The number of nitrogens with zero attached hydrogens (tertiary/aromatic N) is 3. The molecule has 2 aromatic rings. The Bertz CT molecular complexity index is 544. The molecule has 1 aromatic carbocycles. The van der Waals surface area contributed by atoms with Crippen molar-refractivity contribution in [3.63, 3.8) is 0 Å². The van der Waals surface area contributed by atoms with Gasteiger partial charge in [0.2, 0.25) is 5.95 Å². The van der Waals surface area contributed by atoms with E-state index in [2.05, 4.69) is 46.6 Å². The average Bonchev–Trinajstić information content (AvgIpc) is 2.68. The van der Waals surface area contributed by atoms with Gasteiger partial charge < -0.3 is 5.32 Å². The summed E-state index contributed by atoms with van der Waals surface area (Å²) in [6.45, 7) is 5.01. The maximum absolute atomic E-state index is 4.48. The van der Waals surface area contributed by atoms with E-state index in [9.17, 15) is 0 Å². The largest absolute Gasteiger partial charge is 0.354 e. The van der Waals surface area contributed by atoms with Crippen LogP contribution < -0.4 is 5.32 Å². The van der Waals surface area contributed by atoms with Crippen LogP contribution >= 0.6 is 0 Å². The molecule has 3 rings (SSSR count). The quantitative estimate of drug-likeness (QED) is 0.814. The molecule has 0 fully saturated rings. The third kappa shape index (κ3) is 1.79. The molecule has 0 saturated carbocycles. The van der Waals surface area contributed by atoms with Gasteiger partial charge in [-0.1, -0.05) is 29.8 Å². The molecule has 1 aliphatic rings. The summed E-state index contributed by atoms with van der Waals surface area (Å²) in [6, 6.07) is 8.95. The van der Waals surface area contributed by atoms with Crippen LogP contribution in [0.15, 0.2) is 24.3 Å². The van der Waals surface area contributed by atoms with E-state index < -0.39 is 0 Å². The smallest absolute Gasteiger partial charge is 0.221 e. The van der Waals surface area contributed by atoms with Gasteiger partial charge in [-0.3, -0.25) is 0 Å². The molecule has 1 N–H and O–H groups in total. The third-order valence-electron chi connectivity index (χ3n) is 3.16. The van der Waals surface area contributed by atoms with Gasteiger partial charge in [-0.15, -0.1) is 0 Å². The summed E-state index contributed by atoms with van der Waals surface area (Å²) in [5.74, 6) is 1.72. The summed E-state index contributed by atoms with van der Waals surface area (Å²) in [6.07, 6.45) is 1.05. The molecule has 88 valence electrons. The van der Waals surface area contributed by atoms with Gasteiger partial charge in [-0.2, -0.15) is 10.1 Å². The lowest BCUT2D eigenvalue weighted by atomic mass is 10.0. The third-order valence-corrected chi connectivity index (χ3v) is 3.16. The van der Waals surface area contributed by atoms with Crippen molar-refractivity contribution in [1.29, 1.82) is 0 Å². The van der Waals surface area contributed by atoms with Crippen LogP contribution in [0.1, 0.15) is 29.4 Å². The first kappa shape index (κ1) is 10.3. The standard InChI is InChI=1S/C13H16N4/c1-9-4-3-5-11(8-9)12-6-7-14-13-15-10(2)16-17(12)13/h3-5,8,12H,6-7H2,1-2H3,(H,14,15,16). The Labute approximate surface area is 101 Å². The van der Waals surface area contributed by atoms with E-state index in [0.717, 1.165) is 24.7 Å². The number of benzene rings is 1. The highest BCUT2D eigenvalue weighted by Gasteiger charge is 2.23. The zero-order valence-electron chi connectivity index (χ0n) is 10.1. The zero-order valence-corrected chi connectivity index (χ0v) is 10.1. The lowest BCUT2D eigenvalue weighted by Crippen LogP contribution is -2.24. The monoisotopic (exact) mass is 228 g/mol. The van der Waals surface area contributed by atoms with Gasteiger partial charge >= 0.3 is 0 Å². The normalized spacial score (nSPS) is 18.6. The molecular weight excluding hydrogens is 212 g/mol. The number of rotatable bonds is 1. The highest BCUT2D eigenvalue weighted by atomic mass is 15.4. The van der Waals surface area contributed by atoms with Crippen molar-refractivity contribution in [3.05, 3.63) is 41.2 Å². The summed E-state index contributed by atoms with van der Waals surface area (Å²) in [7, 11) is 0. The molecule has 0 spiro atoms. The second kappa shape index (κ2) is 3.87. The first-order chi connectivity index (χ1) is 8.24. The van der Waals surface area contributed by atoms with Crippen LogP contribution in [-0.4, -0.2) is 21.3 Å². The van der Waals surface area contributed by atoms with Crippen molar-refractivity contribution < 1.29 is 0 Å². The molecule has 0 bridgehead atoms. The molecule has 4 nitrogen and oxygen atoms in total. The molecule has 1 aliphatic heterocycles. The van der Waals surface area contributed by atoms with Crippen molar-refractivity contribution in [2.24, 2.45) is 0 Å². The Morgan fingerprint density at radius 2 is 2.24 bits per heavy atom. The van der Waals surface area contributed by atoms with Crippen LogP contribution in [0.3, 0.4) is 0 Å². The Balaban J connectivity index is 2.05. The van der Waals surface area contributed by atoms with Gasteiger partial charge in [0.05, 0.1) is 6.04 Å². The van der Waals surface area contributed by atoms with E-state index in [1.807, 2.05) is 11.6 Å². The van der Waals surface area contributed by atoms with Gasteiger partial charge in [0.25, 0.3) is 0 Å². The average molecular weight is 228 g/mol. The zero-order chi connectivity index (χ0) is 11.8. The molecule has 2 heterocycles. The number of aryl methyl sites for hydroxylation is 2. The Kier molecular flexibility index (Phi) is 2.35. The van der Waals surface area contributed by atoms with E-state index in [4.69, 9.17) is 0 Å². The first-order valence-corrected chi connectivity index (χ1v) is 5.97. The van der Waals surface area contributed by atoms with Gasteiger partial charge in [0, 0.05) is 6.54 Å². The topological polar surface area (TPSA) is 42.7 Å². The number of anilines is 1. The van der Waals surface area contributed by atoms with E-state index in [1.54, 1.807) is 0 Å². The predicted octanol–water partition coefficient (Wildman–Crippen LogP) is 2.30. The fraction of sp³-hybridized carbons (Fsp3) is 0.385. The van der Waals surface area contributed by atoms with Gasteiger partial charge in [0.1, 0.15) is 5.82 Å². The minimum absolute atomic E-state index is 0.312. The van der Waals surface area contributed by atoms with Crippen molar-refractivity contribution in [2.75, 3.05) is 11.9 Å². The first-order valence-electron chi connectivity index (χ1n) is 5.97. The molecule has 0 aliphatic carbocycles. The summed E-state index contributed by atoms with van der Waals surface area (Å²) >= 11 is 0. The number of fused-ring (bicyclic) bond motifs is 1. The fourth-order valence-corrected chi connectivity index (χ4v) is 2.40. The lowest BCUT2D eigenvalue weighted by molar-refractivity contribution is 0.478. The van der Waals surface area contributed by atoms with Gasteiger partial charge in [-0.05, 0) is 25.8 Å². The molecule has 0 radical (unpaired) electrons. The maximum atomic E-state index is 4.48. The second-order valence-corrected chi connectivity index (χ2v) is 4.57. The van der Waals surface area contributed by atoms with E-state index in [0.29, 0.717) is 6.04 Å². The number of aromatic nitrogens is 3. The predicted molar refractivity (Wildman–Crippen MR) is 67.2 cm³/mol. The number of hydrogen-bond acceptors (Lipinski definition) is 3. The molecular formula is C13H16N4. The lowest BCUT2D eigenvalue weighted by Gasteiger charge is -2.24. The summed E-state index contributed by atoms with van der Waals surface area (Å²) in [4.78, 5) is 4.39. The van der Waals surface area contributed by atoms with Crippen LogP contribution in [0.4, 0.5) is 5.95 Å². The van der Waals surface area contributed by atoms with Crippen LogP contribution in [0.5, 0.6) is 0 Å². The highest BCUT2D eigenvalue weighted by Crippen LogP contribution is 2.28. The van der Waals surface area contributed by atoms with Crippen LogP contribution in [0.25, 0.3) is 0 Å². The summed E-state index contributed by atoms with van der Waals surface area (Å²) in [5.41, 5.74) is 2.61.